The number of imidazole rings is 1. The number of carbonyl (C=O) groups is 1. The highest BCUT2D eigenvalue weighted by molar-refractivity contribution is 6.30. The van der Waals surface area contributed by atoms with Crippen molar-refractivity contribution in [3.05, 3.63) is 83.6 Å². The Labute approximate surface area is 235 Å². The summed E-state index contributed by atoms with van der Waals surface area (Å²) in [7, 11) is 1.41. The number of aromatic nitrogens is 6. The number of fused-ring (bicyclic) bond motifs is 4. The van der Waals surface area contributed by atoms with Gasteiger partial charge in [0.15, 0.2) is 0 Å². The lowest BCUT2D eigenvalue weighted by atomic mass is 10.1. The van der Waals surface area contributed by atoms with Crippen molar-refractivity contribution in [1.29, 1.82) is 0 Å². The predicted molar refractivity (Wildman–Crippen MR) is 152 cm³/mol. The largest absolute Gasteiger partial charge is 0.384 e. The van der Waals surface area contributed by atoms with Crippen LogP contribution in [0.1, 0.15) is 30.3 Å². The van der Waals surface area contributed by atoms with Crippen molar-refractivity contribution in [3.8, 4) is 16.9 Å². The normalized spacial score (nSPS) is 16.7. The van der Waals surface area contributed by atoms with Crippen LogP contribution in [0.25, 0.3) is 23.0 Å². The molecule has 5 rings (SSSR count). The number of anilines is 2. The molecule has 0 saturated heterocycles. The van der Waals surface area contributed by atoms with E-state index in [1.165, 1.54) is 24.2 Å². The zero-order valence-corrected chi connectivity index (χ0v) is 22.3. The van der Waals surface area contributed by atoms with Crippen molar-refractivity contribution in [2.24, 2.45) is 0 Å². The van der Waals surface area contributed by atoms with Crippen LogP contribution >= 0.6 is 11.6 Å². The topological polar surface area (TPSA) is 155 Å². The number of carbonyl (C=O) groups excluding carboxylic acids is 1. The first-order valence-electron chi connectivity index (χ1n) is 12.6. The molecule has 2 aromatic heterocycles. The lowest BCUT2D eigenvalue weighted by Gasteiger charge is -2.17. The number of tetrazole rings is 1. The second-order valence-electron chi connectivity index (χ2n) is 8.94. The van der Waals surface area contributed by atoms with Crippen molar-refractivity contribution in [2.75, 3.05) is 24.3 Å². The number of amides is 1. The van der Waals surface area contributed by atoms with E-state index < -0.39 is 6.41 Å². The van der Waals surface area contributed by atoms with Crippen LogP contribution in [-0.4, -0.2) is 61.3 Å². The first kappa shape index (κ1) is 27.1. The molecule has 1 aliphatic heterocycles. The van der Waals surface area contributed by atoms with Crippen molar-refractivity contribution in [1.82, 2.24) is 35.5 Å². The van der Waals surface area contributed by atoms with E-state index in [1.807, 2.05) is 30.5 Å². The van der Waals surface area contributed by atoms with E-state index in [1.54, 1.807) is 24.3 Å². The third-order valence-electron chi connectivity index (χ3n) is 6.22. The molecule has 0 saturated carbocycles. The molecule has 2 bridgehead atoms. The van der Waals surface area contributed by atoms with E-state index in [0.29, 0.717) is 40.8 Å². The van der Waals surface area contributed by atoms with Crippen LogP contribution in [0.4, 0.5) is 11.4 Å². The average Bonchev–Trinajstić information content (AvgIpc) is 3.66. The number of benzene rings is 2. The number of hydrogen-bond acceptors (Lipinski definition) is 9. The summed E-state index contributed by atoms with van der Waals surface area (Å²) in [6.07, 6.45) is 10.7. The Morgan fingerprint density at radius 3 is 3.00 bits per heavy atom. The van der Waals surface area contributed by atoms with Gasteiger partial charge in [0, 0.05) is 53.5 Å². The van der Waals surface area contributed by atoms with E-state index in [0.717, 1.165) is 23.4 Å². The van der Waals surface area contributed by atoms with E-state index in [-0.39, 0.29) is 11.9 Å². The third kappa shape index (κ3) is 6.54. The molecule has 0 radical (unpaired) electrons. The number of aromatic amines is 1. The Morgan fingerprint density at radius 1 is 1.27 bits per heavy atom. The first-order chi connectivity index (χ1) is 19.5. The molecule has 1 amide bonds. The van der Waals surface area contributed by atoms with Gasteiger partial charge < -0.3 is 30.8 Å². The summed E-state index contributed by atoms with van der Waals surface area (Å²) in [6.45, 7) is 0.695. The fourth-order valence-electron chi connectivity index (χ4n) is 4.26. The van der Waals surface area contributed by atoms with Gasteiger partial charge >= 0.3 is 0 Å². The predicted octanol–water partition coefficient (Wildman–Crippen LogP) is 3.67. The minimum Gasteiger partial charge on any atom is -0.384 e. The van der Waals surface area contributed by atoms with Gasteiger partial charge in [0.05, 0.1) is 17.4 Å². The quantitative estimate of drug-likeness (QED) is 0.129. The van der Waals surface area contributed by atoms with Crippen molar-refractivity contribution >= 4 is 35.0 Å². The molecule has 1 unspecified atom stereocenters. The lowest BCUT2D eigenvalue weighted by molar-refractivity contribution is -0.117. The summed E-state index contributed by atoms with van der Waals surface area (Å²) in [5, 5.41) is 30.9. The molecule has 2 atom stereocenters. The van der Waals surface area contributed by atoms with Crippen LogP contribution in [0, 0.1) is 0 Å². The number of halogens is 1. The highest BCUT2D eigenvalue weighted by Gasteiger charge is 2.19. The summed E-state index contributed by atoms with van der Waals surface area (Å²) in [5.74, 6) is 0.336. The van der Waals surface area contributed by atoms with E-state index >= 15 is 0 Å². The molecule has 40 heavy (non-hydrogen) atoms. The number of hydrogen-bond donors (Lipinski definition) is 5. The van der Waals surface area contributed by atoms with Gasteiger partial charge in [-0.15, -0.1) is 5.10 Å². The Balaban J connectivity index is 1.37. The molecule has 206 valence electrons. The molecule has 5 N–H and O–H groups in total. The van der Waals surface area contributed by atoms with Crippen molar-refractivity contribution in [2.45, 2.75) is 25.3 Å². The number of H-pyrrole nitrogens is 1. The molecule has 12 nitrogen and oxygen atoms in total. The number of ether oxygens (including phenoxy) is 1. The second-order valence-corrected chi connectivity index (χ2v) is 9.37. The van der Waals surface area contributed by atoms with Crippen LogP contribution in [0.3, 0.4) is 0 Å². The molecule has 4 aromatic rings. The van der Waals surface area contributed by atoms with Crippen molar-refractivity contribution < 1.29 is 14.6 Å². The maximum absolute atomic E-state index is 13.0. The molecular formula is C27H28ClN9O3. The molecule has 0 aliphatic carbocycles. The Bertz CT molecular complexity index is 1520. The standard InChI is InChI=1S/C27H28ClN9O3/c1-40-27(39)32-19-8-9-20-22(14-19)29-12-4-2-3-5-21(26-30-15-23(20)34-26)33-25(38)11-6-17-13-18(28)7-10-24(17)37-16-31-35-36-37/h2-3,6-11,13-16,21,27,29,32,39H,4-5,12H2,1H3,(H,30,34)(H,33,38)/b3-2+,11-6+/t21-,27?/m0/s1. The van der Waals surface area contributed by atoms with Crippen molar-refractivity contribution in [3.63, 3.8) is 0 Å². The summed E-state index contributed by atoms with van der Waals surface area (Å²) in [6, 6.07) is 10.5. The first-order valence-corrected chi connectivity index (χ1v) is 13.0. The second kappa shape index (κ2) is 12.6. The fraction of sp³-hybridized carbons (Fsp3) is 0.222. The zero-order chi connectivity index (χ0) is 27.9. The summed E-state index contributed by atoms with van der Waals surface area (Å²) >= 11 is 6.19. The van der Waals surface area contributed by atoms with Gasteiger partial charge in [0.2, 0.25) is 12.3 Å². The molecule has 0 spiro atoms. The van der Waals surface area contributed by atoms with Gasteiger partial charge in [0.25, 0.3) is 0 Å². The van der Waals surface area contributed by atoms with E-state index in [2.05, 4.69) is 42.5 Å². The molecule has 0 fully saturated rings. The summed E-state index contributed by atoms with van der Waals surface area (Å²) in [5.41, 5.74) is 4.52. The van der Waals surface area contributed by atoms with E-state index in [9.17, 15) is 9.90 Å². The summed E-state index contributed by atoms with van der Waals surface area (Å²) in [4.78, 5) is 21.0. The maximum atomic E-state index is 13.0. The Kier molecular flexibility index (Phi) is 8.50. The number of nitrogens with zero attached hydrogens (tertiary/aromatic N) is 5. The van der Waals surface area contributed by atoms with Gasteiger partial charge in [-0.1, -0.05) is 23.8 Å². The molecule has 13 heteroatoms. The lowest BCUT2D eigenvalue weighted by Crippen LogP contribution is -2.27. The third-order valence-corrected chi connectivity index (χ3v) is 6.45. The monoisotopic (exact) mass is 561 g/mol. The zero-order valence-electron chi connectivity index (χ0n) is 21.6. The number of methoxy groups -OCH3 is 1. The number of rotatable bonds is 7. The molecule has 1 aliphatic rings. The highest BCUT2D eigenvalue weighted by Crippen LogP contribution is 2.31. The van der Waals surface area contributed by atoms with Gasteiger partial charge in [-0.3, -0.25) is 4.79 Å². The minimum absolute atomic E-state index is 0.291. The number of aliphatic hydroxyl groups is 1. The van der Waals surface area contributed by atoms with Crippen LogP contribution in [0.2, 0.25) is 5.02 Å². The fourth-order valence-corrected chi connectivity index (χ4v) is 4.44. The average molecular weight is 562 g/mol. The minimum atomic E-state index is -1.12. The van der Waals surface area contributed by atoms with Crippen LogP contribution in [0.15, 0.2) is 67.2 Å². The maximum Gasteiger partial charge on any atom is 0.244 e. The van der Waals surface area contributed by atoms with Gasteiger partial charge in [-0.05, 0) is 65.7 Å². The van der Waals surface area contributed by atoms with Crippen LogP contribution in [-0.2, 0) is 9.53 Å². The molecular weight excluding hydrogens is 534 g/mol. The molecule has 2 aromatic carbocycles. The molecule has 3 heterocycles. The smallest absolute Gasteiger partial charge is 0.244 e. The van der Waals surface area contributed by atoms with Crippen LogP contribution < -0.4 is 16.0 Å². The Morgan fingerprint density at radius 2 is 2.17 bits per heavy atom. The van der Waals surface area contributed by atoms with Crippen LogP contribution in [0.5, 0.6) is 0 Å². The van der Waals surface area contributed by atoms with Gasteiger partial charge in [-0.25, -0.2) is 4.98 Å². The highest BCUT2D eigenvalue weighted by atomic mass is 35.5. The van der Waals surface area contributed by atoms with Gasteiger partial charge in [0.1, 0.15) is 12.2 Å². The Hall–Kier alpha value is -4.52. The van der Waals surface area contributed by atoms with E-state index in [4.69, 9.17) is 21.3 Å². The number of aliphatic hydroxyl groups excluding tert-OH is 1. The number of nitrogens with one attached hydrogen (secondary N) is 4. The summed E-state index contributed by atoms with van der Waals surface area (Å²) < 4.78 is 6.39. The SMILES string of the molecule is COC(O)Nc1ccc2c(c1)NCC/C=C/C[C@H](NC(=O)/C=C/c1cc(Cl)ccc1-n1cnnn1)c1nc-2c[nH]1. The van der Waals surface area contributed by atoms with Gasteiger partial charge in [-0.2, -0.15) is 4.68 Å².